The molecule has 0 atom stereocenters. The minimum atomic E-state index is 0.375. The van der Waals surface area contributed by atoms with Crippen molar-refractivity contribution in [3.05, 3.63) is 6.33 Å². The lowest BCUT2D eigenvalue weighted by Crippen LogP contribution is -2.23. The second kappa shape index (κ2) is 2.08. The molecule has 56 valence electrons. The van der Waals surface area contributed by atoms with Gasteiger partial charge in [0.15, 0.2) is 17.3 Å². The summed E-state index contributed by atoms with van der Waals surface area (Å²) in [5.41, 5.74) is 11.5. The lowest BCUT2D eigenvalue weighted by atomic mass is 10.4. The first kappa shape index (κ1) is 5.90. The molecule has 0 aliphatic carbocycles. The van der Waals surface area contributed by atoms with E-state index >= 15 is 0 Å². The smallest absolute Gasteiger partial charge is 0.176 e. The van der Waals surface area contributed by atoms with Gasteiger partial charge in [-0.25, -0.2) is 15.0 Å². The maximum atomic E-state index is 5.51. The van der Waals surface area contributed by atoms with Crippen molar-refractivity contribution in [2.75, 3.05) is 11.2 Å². The summed E-state index contributed by atoms with van der Waals surface area (Å²) in [5, 5.41) is 0. The molecule has 4 N–H and O–H groups in total. The Balaban J connectivity index is 2.60. The number of hydrogen-bond donors (Lipinski definition) is 3. The summed E-state index contributed by atoms with van der Waals surface area (Å²) < 4.78 is 0. The Morgan fingerprint density at radius 2 is 2.27 bits per heavy atom. The lowest BCUT2D eigenvalue weighted by Gasteiger charge is -2.11. The van der Waals surface area contributed by atoms with Crippen LogP contribution in [0.25, 0.3) is 0 Å². The molecule has 0 radical (unpaired) electrons. The normalized spacial score (nSPS) is 13.1. The number of hydrogen-bond acceptors (Lipinski definition) is 6. The van der Waals surface area contributed by atoms with E-state index in [0.29, 0.717) is 17.3 Å². The molecule has 0 saturated heterocycles. The van der Waals surface area contributed by atoms with Crippen LogP contribution in [-0.2, 0) is 0 Å². The first-order valence-corrected chi connectivity index (χ1v) is 3.02. The number of anilines is 2. The predicted octanol–water partition coefficient (Wildman–Crippen LogP) is -0.351. The summed E-state index contributed by atoms with van der Waals surface area (Å²) in [6.45, 7) is 0. The highest BCUT2D eigenvalue weighted by atomic mass is 15.4. The molecule has 2 rings (SSSR count). The van der Waals surface area contributed by atoms with E-state index in [4.69, 9.17) is 5.73 Å². The molecule has 1 aromatic heterocycles. The van der Waals surface area contributed by atoms with Crippen LogP contribution in [0.4, 0.5) is 17.3 Å². The van der Waals surface area contributed by atoms with Crippen molar-refractivity contribution in [1.29, 1.82) is 0 Å². The number of nitrogens with zero attached hydrogens (tertiary/aromatic N) is 3. The summed E-state index contributed by atoms with van der Waals surface area (Å²) in [7, 11) is 0. The zero-order chi connectivity index (χ0) is 7.68. The first-order chi connectivity index (χ1) is 5.38. The van der Waals surface area contributed by atoms with Crippen LogP contribution in [0.15, 0.2) is 11.3 Å². The molecule has 1 aliphatic rings. The summed E-state index contributed by atoms with van der Waals surface area (Å²) in [4.78, 5) is 11.6. The molecule has 6 nitrogen and oxygen atoms in total. The van der Waals surface area contributed by atoms with Crippen LogP contribution in [0.3, 0.4) is 0 Å². The number of hydrazine groups is 1. The van der Waals surface area contributed by atoms with Gasteiger partial charge in [-0.1, -0.05) is 0 Å². The van der Waals surface area contributed by atoms with Crippen molar-refractivity contribution < 1.29 is 0 Å². The van der Waals surface area contributed by atoms with Gasteiger partial charge in [0.1, 0.15) is 12.7 Å². The van der Waals surface area contributed by atoms with Crippen LogP contribution < -0.4 is 16.6 Å². The van der Waals surface area contributed by atoms with Gasteiger partial charge in [0.25, 0.3) is 0 Å². The molecule has 0 aromatic carbocycles. The van der Waals surface area contributed by atoms with Crippen LogP contribution >= 0.6 is 0 Å². The van der Waals surface area contributed by atoms with Gasteiger partial charge in [-0.2, -0.15) is 0 Å². The number of nitrogen functional groups attached to an aromatic ring is 1. The van der Waals surface area contributed by atoms with Gasteiger partial charge in [-0.3, -0.25) is 10.9 Å². The summed E-state index contributed by atoms with van der Waals surface area (Å²) in [6.07, 6.45) is 2.87. The van der Waals surface area contributed by atoms with Gasteiger partial charge >= 0.3 is 0 Å². The Kier molecular flexibility index (Phi) is 1.12. The quantitative estimate of drug-likeness (QED) is 0.470. The molecule has 0 fully saturated rings. The monoisotopic (exact) mass is 150 g/mol. The van der Waals surface area contributed by atoms with Crippen LogP contribution in [0.5, 0.6) is 0 Å². The third-order valence-corrected chi connectivity index (χ3v) is 1.30. The van der Waals surface area contributed by atoms with Gasteiger partial charge in [0.2, 0.25) is 0 Å². The lowest BCUT2D eigenvalue weighted by molar-refractivity contribution is 1.05. The van der Waals surface area contributed by atoms with E-state index in [0.717, 1.165) is 0 Å². The third-order valence-electron chi connectivity index (χ3n) is 1.30. The molecule has 0 unspecified atom stereocenters. The third kappa shape index (κ3) is 0.841. The minimum Gasteiger partial charge on any atom is -0.382 e. The van der Waals surface area contributed by atoms with E-state index in [-0.39, 0.29) is 0 Å². The standard InChI is InChI=1S/C5H6N6/c6-4-3-5(9-1-8-4)11-10-2-7-3/h1-2H,(H,7,10)(H3,6,8,9,11). The Bertz CT molecular complexity index is 306. The molecule has 1 aliphatic heterocycles. The average Bonchev–Trinajstić information content (AvgIpc) is 2.06. The van der Waals surface area contributed by atoms with Gasteiger partial charge in [-0.05, 0) is 0 Å². The van der Waals surface area contributed by atoms with E-state index in [9.17, 15) is 0 Å². The topological polar surface area (TPSA) is 88.2 Å². The highest BCUT2D eigenvalue weighted by Gasteiger charge is 2.08. The van der Waals surface area contributed by atoms with Crippen LogP contribution in [-0.4, -0.2) is 16.3 Å². The van der Waals surface area contributed by atoms with E-state index < -0.39 is 0 Å². The zero-order valence-corrected chi connectivity index (χ0v) is 5.57. The van der Waals surface area contributed by atoms with E-state index in [1.807, 2.05) is 0 Å². The molecule has 11 heavy (non-hydrogen) atoms. The molecule has 0 amide bonds. The number of aromatic nitrogens is 2. The Morgan fingerprint density at radius 1 is 1.36 bits per heavy atom. The van der Waals surface area contributed by atoms with Crippen molar-refractivity contribution in [2.45, 2.75) is 0 Å². The maximum Gasteiger partial charge on any atom is 0.176 e. The van der Waals surface area contributed by atoms with Crippen molar-refractivity contribution in [1.82, 2.24) is 15.4 Å². The van der Waals surface area contributed by atoms with Crippen molar-refractivity contribution >= 4 is 23.7 Å². The van der Waals surface area contributed by atoms with Crippen molar-refractivity contribution in [3.63, 3.8) is 0 Å². The van der Waals surface area contributed by atoms with Gasteiger partial charge < -0.3 is 5.73 Å². The minimum absolute atomic E-state index is 0.375. The van der Waals surface area contributed by atoms with Gasteiger partial charge in [0.05, 0.1) is 0 Å². The summed E-state index contributed by atoms with van der Waals surface area (Å²) >= 11 is 0. The van der Waals surface area contributed by atoms with E-state index in [1.165, 1.54) is 12.7 Å². The molecule has 2 heterocycles. The van der Waals surface area contributed by atoms with Gasteiger partial charge in [-0.15, -0.1) is 0 Å². The number of aliphatic imine (C=N–C) groups is 1. The number of fused-ring (bicyclic) bond motifs is 1. The Labute approximate surface area is 62.5 Å². The van der Waals surface area contributed by atoms with Crippen LogP contribution in [0.1, 0.15) is 0 Å². The molecular weight excluding hydrogens is 144 g/mol. The molecule has 0 saturated carbocycles. The molecular formula is C5H6N6. The summed E-state index contributed by atoms with van der Waals surface area (Å²) in [6, 6.07) is 0. The fraction of sp³-hybridized carbons (Fsp3) is 0. The van der Waals surface area contributed by atoms with E-state index in [2.05, 4.69) is 25.8 Å². The number of nitrogens with one attached hydrogen (secondary N) is 2. The highest BCUT2D eigenvalue weighted by Crippen LogP contribution is 2.27. The molecule has 1 aromatic rings. The Hall–Kier alpha value is -1.85. The largest absolute Gasteiger partial charge is 0.382 e. The SMILES string of the molecule is Nc1ncnc2c1N=CNN2. The summed E-state index contributed by atoms with van der Waals surface area (Å²) in [5.74, 6) is 0.972. The highest BCUT2D eigenvalue weighted by molar-refractivity contribution is 5.80. The zero-order valence-electron chi connectivity index (χ0n) is 5.57. The maximum absolute atomic E-state index is 5.51. The molecule has 6 heteroatoms. The second-order valence-electron chi connectivity index (χ2n) is 1.98. The number of nitrogens with two attached hydrogens (primary N) is 1. The van der Waals surface area contributed by atoms with E-state index in [1.54, 1.807) is 0 Å². The van der Waals surface area contributed by atoms with Crippen molar-refractivity contribution in [2.24, 2.45) is 4.99 Å². The van der Waals surface area contributed by atoms with Crippen LogP contribution in [0, 0.1) is 0 Å². The van der Waals surface area contributed by atoms with Crippen molar-refractivity contribution in [3.8, 4) is 0 Å². The van der Waals surface area contributed by atoms with Crippen LogP contribution in [0.2, 0.25) is 0 Å². The molecule has 0 bridgehead atoms. The molecule has 0 spiro atoms. The second-order valence-corrected chi connectivity index (χ2v) is 1.98. The Morgan fingerprint density at radius 3 is 3.09 bits per heavy atom. The first-order valence-electron chi connectivity index (χ1n) is 3.02. The average molecular weight is 150 g/mol. The predicted molar refractivity (Wildman–Crippen MR) is 41.4 cm³/mol. The fourth-order valence-corrected chi connectivity index (χ4v) is 0.809. The fourth-order valence-electron chi connectivity index (χ4n) is 0.809. The van der Waals surface area contributed by atoms with Gasteiger partial charge in [0, 0.05) is 0 Å². The number of rotatable bonds is 0.